The lowest BCUT2D eigenvalue weighted by Gasteiger charge is -2.09. The molecule has 0 saturated carbocycles. The lowest BCUT2D eigenvalue weighted by molar-refractivity contribution is 0.581. The normalized spacial score (nSPS) is 11.5. The van der Waals surface area contributed by atoms with E-state index >= 15 is 0 Å². The Morgan fingerprint density at radius 1 is 1.00 bits per heavy atom. The third kappa shape index (κ3) is 3.31. The van der Waals surface area contributed by atoms with E-state index in [4.69, 9.17) is 5.73 Å². The molecule has 2 rings (SSSR count). The minimum absolute atomic E-state index is 0.0145. The Bertz CT molecular complexity index is 716. The molecule has 4 nitrogen and oxygen atoms in total. The second-order valence-electron chi connectivity index (χ2n) is 4.13. The Balaban J connectivity index is 2.17. The number of benzene rings is 2. The van der Waals surface area contributed by atoms with Gasteiger partial charge in [-0.05, 0) is 35.9 Å². The summed E-state index contributed by atoms with van der Waals surface area (Å²) >= 11 is 0. The molecule has 0 aliphatic heterocycles. The smallest absolute Gasteiger partial charge is 0.242 e. The van der Waals surface area contributed by atoms with Crippen LogP contribution < -0.4 is 10.5 Å². The van der Waals surface area contributed by atoms with Crippen LogP contribution in [0.4, 0.5) is 14.5 Å². The van der Waals surface area contributed by atoms with E-state index in [9.17, 15) is 17.2 Å². The van der Waals surface area contributed by atoms with Crippen molar-refractivity contribution < 1.29 is 17.2 Å². The number of rotatable bonds is 4. The molecule has 2 aromatic carbocycles. The molecular formula is C13H12F2N2O2S. The molecule has 2 aromatic rings. The Hall–Kier alpha value is -1.99. The first-order valence-corrected chi connectivity index (χ1v) is 7.16. The van der Waals surface area contributed by atoms with Crippen molar-refractivity contribution in [1.82, 2.24) is 4.72 Å². The fraction of sp³-hybridized carbons (Fsp3) is 0.0769. The molecule has 0 radical (unpaired) electrons. The lowest BCUT2D eigenvalue weighted by Crippen LogP contribution is -2.24. The standard InChI is InChI=1S/C13H12F2N2O2S/c14-10-3-1-9(2-4-10)8-17-20(18,19)13-6-5-11(15)7-12(13)16/h1-7,17H,8,16H2. The van der Waals surface area contributed by atoms with Gasteiger partial charge in [0, 0.05) is 6.54 Å². The SMILES string of the molecule is Nc1cc(F)ccc1S(=O)(=O)NCc1ccc(F)cc1. The van der Waals surface area contributed by atoms with E-state index in [1.165, 1.54) is 24.3 Å². The fourth-order valence-corrected chi connectivity index (χ4v) is 2.75. The van der Waals surface area contributed by atoms with Crippen LogP contribution in [0.5, 0.6) is 0 Å². The zero-order valence-electron chi connectivity index (χ0n) is 10.3. The van der Waals surface area contributed by atoms with E-state index in [0.717, 1.165) is 18.2 Å². The van der Waals surface area contributed by atoms with Gasteiger partial charge in [0.25, 0.3) is 0 Å². The number of sulfonamides is 1. The summed E-state index contributed by atoms with van der Waals surface area (Å²) in [6.45, 7) is -0.0145. The predicted octanol–water partition coefficient (Wildman–Crippen LogP) is 2.03. The van der Waals surface area contributed by atoms with Crippen LogP contribution in [0.15, 0.2) is 47.4 Å². The average Bonchev–Trinajstić information content (AvgIpc) is 2.37. The quantitative estimate of drug-likeness (QED) is 0.848. The van der Waals surface area contributed by atoms with Crippen LogP contribution in [0, 0.1) is 11.6 Å². The molecule has 0 bridgehead atoms. The topological polar surface area (TPSA) is 72.2 Å². The molecule has 0 atom stereocenters. The van der Waals surface area contributed by atoms with Crippen molar-refractivity contribution >= 4 is 15.7 Å². The first kappa shape index (κ1) is 14.4. The Kier molecular flexibility index (Phi) is 4.01. The molecule has 7 heteroatoms. The number of nitrogens with two attached hydrogens (primary N) is 1. The van der Waals surface area contributed by atoms with Gasteiger partial charge < -0.3 is 5.73 Å². The summed E-state index contributed by atoms with van der Waals surface area (Å²) in [6, 6.07) is 8.44. The molecule has 0 amide bonds. The molecule has 0 aliphatic carbocycles. The van der Waals surface area contributed by atoms with Gasteiger partial charge in [-0.1, -0.05) is 12.1 Å². The minimum atomic E-state index is -3.85. The number of hydrogen-bond donors (Lipinski definition) is 2. The molecular weight excluding hydrogens is 286 g/mol. The first-order chi connectivity index (χ1) is 9.38. The van der Waals surface area contributed by atoms with Gasteiger partial charge >= 0.3 is 0 Å². The average molecular weight is 298 g/mol. The maximum Gasteiger partial charge on any atom is 0.242 e. The maximum absolute atomic E-state index is 12.9. The monoisotopic (exact) mass is 298 g/mol. The van der Waals surface area contributed by atoms with Gasteiger partial charge in [-0.15, -0.1) is 0 Å². The van der Waals surface area contributed by atoms with Crippen molar-refractivity contribution in [1.29, 1.82) is 0 Å². The molecule has 0 heterocycles. The van der Waals surface area contributed by atoms with Crippen molar-refractivity contribution in [2.75, 3.05) is 5.73 Å². The van der Waals surface area contributed by atoms with Crippen LogP contribution in [-0.2, 0) is 16.6 Å². The van der Waals surface area contributed by atoms with Crippen LogP contribution in [0.25, 0.3) is 0 Å². The molecule has 0 unspecified atom stereocenters. The van der Waals surface area contributed by atoms with Crippen LogP contribution >= 0.6 is 0 Å². The summed E-state index contributed by atoms with van der Waals surface area (Å²) in [5.74, 6) is -1.01. The lowest BCUT2D eigenvalue weighted by atomic mass is 10.2. The summed E-state index contributed by atoms with van der Waals surface area (Å²) in [4.78, 5) is -0.194. The Labute approximate surface area is 115 Å². The molecule has 0 aliphatic rings. The third-order valence-corrected chi connectivity index (χ3v) is 4.12. The number of halogens is 2. The van der Waals surface area contributed by atoms with E-state index in [-0.39, 0.29) is 17.1 Å². The second kappa shape index (κ2) is 5.56. The Morgan fingerprint density at radius 2 is 1.60 bits per heavy atom. The van der Waals surface area contributed by atoms with Crippen LogP contribution in [-0.4, -0.2) is 8.42 Å². The number of nitrogen functional groups attached to an aromatic ring is 1. The zero-order valence-corrected chi connectivity index (χ0v) is 11.1. The third-order valence-electron chi connectivity index (χ3n) is 2.64. The van der Waals surface area contributed by atoms with Gasteiger partial charge in [0.15, 0.2) is 0 Å². The van der Waals surface area contributed by atoms with Gasteiger partial charge in [-0.25, -0.2) is 21.9 Å². The first-order valence-electron chi connectivity index (χ1n) is 5.67. The fourth-order valence-electron chi connectivity index (χ4n) is 1.62. The molecule has 20 heavy (non-hydrogen) atoms. The van der Waals surface area contributed by atoms with Gasteiger partial charge in [-0.2, -0.15) is 0 Å². The highest BCUT2D eigenvalue weighted by molar-refractivity contribution is 7.89. The Morgan fingerprint density at radius 3 is 2.20 bits per heavy atom. The van der Waals surface area contributed by atoms with E-state index in [0.29, 0.717) is 5.56 Å². The van der Waals surface area contributed by atoms with Gasteiger partial charge in [0.2, 0.25) is 10.0 Å². The molecule has 106 valence electrons. The van der Waals surface area contributed by atoms with E-state index in [2.05, 4.69) is 4.72 Å². The van der Waals surface area contributed by atoms with Gasteiger partial charge in [-0.3, -0.25) is 0 Å². The highest BCUT2D eigenvalue weighted by atomic mass is 32.2. The van der Waals surface area contributed by atoms with Gasteiger partial charge in [0.1, 0.15) is 16.5 Å². The van der Waals surface area contributed by atoms with Crippen molar-refractivity contribution in [3.8, 4) is 0 Å². The molecule has 3 N–H and O–H groups in total. The van der Waals surface area contributed by atoms with Crippen LogP contribution in [0.3, 0.4) is 0 Å². The second-order valence-corrected chi connectivity index (χ2v) is 5.87. The molecule has 0 spiro atoms. The van der Waals surface area contributed by atoms with Gasteiger partial charge in [0.05, 0.1) is 5.69 Å². The molecule has 0 saturated heterocycles. The summed E-state index contributed by atoms with van der Waals surface area (Å²) in [5.41, 5.74) is 5.91. The number of anilines is 1. The zero-order chi connectivity index (χ0) is 14.8. The van der Waals surface area contributed by atoms with E-state index in [1.807, 2.05) is 0 Å². The summed E-state index contributed by atoms with van der Waals surface area (Å²) in [7, 11) is -3.85. The highest BCUT2D eigenvalue weighted by Crippen LogP contribution is 2.19. The maximum atomic E-state index is 12.9. The minimum Gasteiger partial charge on any atom is -0.398 e. The van der Waals surface area contributed by atoms with E-state index in [1.54, 1.807) is 0 Å². The van der Waals surface area contributed by atoms with Crippen molar-refractivity contribution in [2.45, 2.75) is 11.4 Å². The summed E-state index contributed by atoms with van der Waals surface area (Å²) in [5, 5.41) is 0. The van der Waals surface area contributed by atoms with E-state index < -0.39 is 21.7 Å². The molecule has 0 aromatic heterocycles. The molecule has 0 fully saturated rings. The van der Waals surface area contributed by atoms with Crippen LogP contribution in [0.2, 0.25) is 0 Å². The van der Waals surface area contributed by atoms with Crippen molar-refractivity contribution in [3.05, 3.63) is 59.7 Å². The summed E-state index contributed by atoms with van der Waals surface area (Å²) < 4.78 is 52.0. The van der Waals surface area contributed by atoms with Crippen molar-refractivity contribution in [3.63, 3.8) is 0 Å². The number of nitrogens with one attached hydrogen (secondary N) is 1. The van der Waals surface area contributed by atoms with Crippen molar-refractivity contribution in [2.24, 2.45) is 0 Å². The highest BCUT2D eigenvalue weighted by Gasteiger charge is 2.17. The van der Waals surface area contributed by atoms with Crippen LogP contribution in [0.1, 0.15) is 5.56 Å². The number of hydrogen-bond acceptors (Lipinski definition) is 3. The predicted molar refractivity (Wildman–Crippen MR) is 71.2 cm³/mol. The summed E-state index contributed by atoms with van der Waals surface area (Å²) in [6.07, 6.45) is 0. The largest absolute Gasteiger partial charge is 0.398 e.